The SMILES string of the molecule is COc1ccc2nc(Oc3ccccc3)sc2c1. The molecule has 2 aromatic carbocycles. The van der Waals surface area contributed by atoms with Crippen LogP contribution >= 0.6 is 11.3 Å². The van der Waals surface area contributed by atoms with Crippen molar-refractivity contribution in [2.75, 3.05) is 7.11 Å². The standard InChI is InChI=1S/C14H11NO2S/c1-16-11-7-8-12-13(9-11)18-14(15-12)17-10-5-3-2-4-6-10/h2-9H,1H3. The number of nitrogens with zero attached hydrogens (tertiary/aromatic N) is 1. The minimum atomic E-state index is 0.643. The van der Waals surface area contributed by atoms with Crippen molar-refractivity contribution < 1.29 is 9.47 Å². The monoisotopic (exact) mass is 257 g/mol. The van der Waals surface area contributed by atoms with Gasteiger partial charge in [-0.15, -0.1) is 0 Å². The molecule has 18 heavy (non-hydrogen) atoms. The second kappa shape index (κ2) is 4.66. The number of hydrogen-bond acceptors (Lipinski definition) is 4. The maximum Gasteiger partial charge on any atom is 0.279 e. The normalized spacial score (nSPS) is 10.5. The number of fused-ring (bicyclic) bond motifs is 1. The van der Waals surface area contributed by atoms with E-state index in [2.05, 4.69) is 4.98 Å². The molecule has 3 nitrogen and oxygen atoms in total. The van der Waals surface area contributed by atoms with Crippen molar-refractivity contribution in [3.05, 3.63) is 48.5 Å². The van der Waals surface area contributed by atoms with Crippen molar-refractivity contribution in [2.45, 2.75) is 0 Å². The van der Waals surface area contributed by atoms with Gasteiger partial charge in [0.2, 0.25) is 0 Å². The Morgan fingerprint density at radius 3 is 2.61 bits per heavy atom. The fourth-order valence-corrected chi connectivity index (χ4v) is 2.51. The van der Waals surface area contributed by atoms with Crippen LogP contribution in [0.1, 0.15) is 0 Å². The molecule has 0 radical (unpaired) electrons. The molecule has 0 atom stereocenters. The third-order valence-electron chi connectivity index (χ3n) is 2.52. The molecule has 0 N–H and O–H groups in total. The first-order valence-electron chi connectivity index (χ1n) is 5.52. The number of methoxy groups -OCH3 is 1. The van der Waals surface area contributed by atoms with Crippen LogP contribution in [0, 0.1) is 0 Å². The smallest absolute Gasteiger partial charge is 0.279 e. The van der Waals surface area contributed by atoms with E-state index in [0.717, 1.165) is 21.7 Å². The van der Waals surface area contributed by atoms with Crippen molar-refractivity contribution >= 4 is 21.6 Å². The van der Waals surface area contributed by atoms with E-state index in [9.17, 15) is 0 Å². The highest BCUT2D eigenvalue weighted by molar-refractivity contribution is 7.20. The number of para-hydroxylation sites is 1. The molecule has 0 unspecified atom stereocenters. The lowest BCUT2D eigenvalue weighted by atomic mass is 10.3. The molecule has 0 aliphatic carbocycles. The summed E-state index contributed by atoms with van der Waals surface area (Å²) in [4.78, 5) is 4.42. The van der Waals surface area contributed by atoms with E-state index in [4.69, 9.17) is 9.47 Å². The topological polar surface area (TPSA) is 31.4 Å². The van der Waals surface area contributed by atoms with Crippen LogP contribution in [0.3, 0.4) is 0 Å². The fourth-order valence-electron chi connectivity index (χ4n) is 1.64. The van der Waals surface area contributed by atoms with Crippen molar-refractivity contribution in [3.8, 4) is 16.7 Å². The van der Waals surface area contributed by atoms with Crippen molar-refractivity contribution in [1.29, 1.82) is 0 Å². The zero-order valence-corrected chi connectivity index (χ0v) is 10.6. The summed E-state index contributed by atoms with van der Waals surface area (Å²) in [5.41, 5.74) is 0.923. The first kappa shape index (κ1) is 11.0. The van der Waals surface area contributed by atoms with Gasteiger partial charge < -0.3 is 9.47 Å². The van der Waals surface area contributed by atoms with Crippen molar-refractivity contribution in [3.63, 3.8) is 0 Å². The number of thiazole rings is 1. The molecule has 0 saturated carbocycles. The maximum absolute atomic E-state index is 5.70. The lowest BCUT2D eigenvalue weighted by Crippen LogP contribution is -1.81. The van der Waals surface area contributed by atoms with Gasteiger partial charge in [0.25, 0.3) is 5.19 Å². The van der Waals surface area contributed by atoms with Gasteiger partial charge in [-0.3, -0.25) is 0 Å². The lowest BCUT2D eigenvalue weighted by Gasteiger charge is -1.98. The van der Waals surface area contributed by atoms with Gasteiger partial charge in [-0.1, -0.05) is 29.5 Å². The lowest BCUT2D eigenvalue weighted by molar-refractivity contribution is 0.415. The van der Waals surface area contributed by atoms with Crippen LogP contribution in [0.4, 0.5) is 0 Å². The van der Waals surface area contributed by atoms with Gasteiger partial charge in [0.1, 0.15) is 11.5 Å². The summed E-state index contributed by atoms with van der Waals surface area (Å²) in [7, 11) is 1.66. The summed E-state index contributed by atoms with van der Waals surface area (Å²) in [5, 5.41) is 0.643. The summed E-state index contributed by atoms with van der Waals surface area (Å²) in [6.45, 7) is 0. The molecule has 3 rings (SSSR count). The molecule has 0 bridgehead atoms. The largest absolute Gasteiger partial charge is 0.497 e. The highest BCUT2D eigenvalue weighted by Gasteiger charge is 2.06. The number of ether oxygens (including phenoxy) is 2. The Balaban J connectivity index is 1.94. The average molecular weight is 257 g/mol. The quantitative estimate of drug-likeness (QED) is 0.708. The minimum absolute atomic E-state index is 0.643. The summed E-state index contributed by atoms with van der Waals surface area (Å²) in [5.74, 6) is 1.63. The van der Waals surface area contributed by atoms with E-state index in [-0.39, 0.29) is 0 Å². The van der Waals surface area contributed by atoms with Gasteiger partial charge >= 0.3 is 0 Å². The Kier molecular flexibility index (Phi) is 2.86. The van der Waals surface area contributed by atoms with Crippen LogP contribution in [0.2, 0.25) is 0 Å². The number of rotatable bonds is 3. The Morgan fingerprint density at radius 2 is 1.83 bits per heavy atom. The Bertz CT molecular complexity index is 664. The summed E-state index contributed by atoms with van der Waals surface area (Å²) >= 11 is 1.51. The van der Waals surface area contributed by atoms with E-state index in [0.29, 0.717) is 5.19 Å². The van der Waals surface area contributed by atoms with Crippen molar-refractivity contribution in [1.82, 2.24) is 4.98 Å². The second-order valence-electron chi connectivity index (χ2n) is 3.73. The Hall–Kier alpha value is -2.07. The molecule has 0 amide bonds. The average Bonchev–Trinajstić information content (AvgIpc) is 2.80. The van der Waals surface area contributed by atoms with Crippen LogP contribution in [0.5, 0.6) is 16.7 Å². The van der Waals surface area contributed by atoms with Crippen LogP contribution in [-0.4, -0.2) is 12.1 Å². The maximum atomic E-state index is 5.70. The molecule has 1 heterocycles. The summed E-state index contributed by atoms with van der Waals surface area (Å²) in [6, 6.07) is 15.4. The van der Waals surface area contributed by atoms with Gasteiger partial charge in [-0.2, -0.15) is 0 Å². The first-order valence-corrected chi connectivity index (χ1v) is 6.34. The molecule has 1 aromatic heterocycles. The molecular formula is C14H11NO2S. The second-order valence-corrected chi connectivity index (χ2v) is 4.72. The molecule has 0 aliphatic rings. The zero-order chi connectivity index (χ0) is 12.4. The summed E-state index contributed by atoms with van der Waals surface area (Å²) in [6.07, 6.45) is 0. The Morgan fingerprint density at radius 1 is 1.00 bits per heavy atom. The van der Waals surface area contributed by atoms with Crippen LogP contribution in [0.15, 0.2) is 48.5 Å². The molecule has 0 fully saturated rings. The molecule has 0 spiro atoms. The highest BCUT2D eigenvalue weighted by atomic mass is 32.1. The van der Waals surface area contributed by atoms with Gasteiger partial charge in [0.15, 0.2) is 0 Å². The van der Waals surface area contributed by atoms with E-state index in [1.165, 1.54) is 11.3 Å². The third kappa shape index (κ3) is 2.15. The van der Waals surface area contributed by atoms with Gasteiger partial charge in [-0.25, -0.2) is 4.98 Å². The van der Waals surface area contributed by atoms with E-state index < -0.39 is 0 Å². The van der Waals surface area contributed by atoms with E-state index >= 15 is 0 Å². The van der Waals surface area contributed by atoms with Crippen molar-refractivity contribution in [2.24, 2.45) is 0 Å². The van der Waals surface area contributed by atoms with Gasteiger partial charge in [-0.05, 0) is 30.3 Å². The minimum Gasteiger partial charge on any atom is -0.497 e. The molecule has 90 valence electrons. The zero-order valence-electron chi connectivity index (χ0n) is 9.79. The Labute approximate surface area is 109 Å². The highest BCUT2D eigenvalue weighted by Crippen LogP contribution is 2.33. The molecule has 4 heteroatoms. The first-order chi connectivity index (χ1) is 8.85. The van der Waals surface area contributed by atoms with Gasteiger partial charge in [0.05, 0.1) is 17.3 Å². The molecule has 0 saturated heterocycles. The summed E-state index contributed by atoms with van der Waals surface area (Å²) < 4.78 is 11.9. The van der Waals surface area contributed by atoms with Crippen LogP contribution in [-0.2, 0) is 0 Å². The predicted molar refractivity (Wildman–Crippen MR) is 72.7 cm³/mol. The molecular weight excluding hydrogens is 246 g/mol. The molecule has 3 aromatic rings. The number of hydrogen-bond donors (Lipinski definition) is 0. The van der Waals surface area contributed by atoms with E-state index in [1.54, 1.807) is 7.11 Å². The number of aromatic nitrogens is 1. The third-order valence-corrected chi connectivity index (χ3v) is 3.42. The van der Waals surface area contributed by atoms with Crippen LogP contribution in [0.25, 0.3) is 10.2 Å². The van der Waals surface area contributed by atoms with E-state index in [1.807, 2.05) is 48.5 Å². The molecule has 0 aliphatic heterocycles. The van der Waals surface area contributed by atoms with Crippen LogP contribution < -0.4 is 9.47 Å². The number of benzene rings is 2. The predicted octanol–water partition coefficient (Wildman–Crippen LogP) is 4.10. The van der Waals surface area contributed by atoms with Gasteiger partial charge in [0, 0.05) is 0 Å². The fraction of sp³-hybridized carbons (Fsp3) is 0.0714.